The van der Waals surface area contributed by atoms with Gasteiger partial charge in [0.05, 0.1) is 4.90 Å². The maximum atomic E-state index is 13.0. The highest BCUT2D eigenvalue weighted by Crippen LogP contribution is 2.25. The Bertz CT molecular complexity index is 739. The van der Waals surface area contributed by atoms with Crippen LogP contribution in [0.3, 0.4) is 0 Å². The van der Waals surface area contributed by atoms with E-state index in [1.165, 1.54) is 0 Å². The third-order valence-electron chi connectivity index (χ3n) is 5.46. The number of carbonyl (C=O) groups excluding carboxylic acids is 1. The van der Waals surface area contributed by atoms with E-state index in [0.29, 0.717) is 18.7 Å². The first-order valence-corrected chi connectivity index (χ1v) is 10.8. The van der Waals surface area contributed by atoms with Crippen molar-refractivity contribution in [2.75, 3.05) is 19.6 Å². The summed E-state index contributed by atoms with van der Waals surface area (Å²) in [5, 5.41) is 0. The fourth-order valence-electron chi connectivity index (χ4n) is 3.80. The Balaban J connectivity index is 1.91. The van der Waals surface area contributed by atoms with E-state index >= 15 is 0 Å². The molecule has 2 fully saturated rings. The van der Waals surface area contributed by atoms with Crippen LogP contribution in [0.5, 0.6) is 0 Å². The number of rotatable bonds is 3. The number of piperidine rings is 2. The molecule has 2 heterocycles. The zero-order valence-electron chi connectivity index (χ0n) is 15.2. The lowest BCUT2D eigenvalue weighted by Gasteiger charge is -2.34. The largest absolute Gasteiger partial charge is 0.336 e. The maximum Gasteiger partial charge on any atom is 0.254 e. The maximum absolute atomic E-state index is 13.0. The first-order valence-electron chi connectivity index (χ1n) is 9.33. The summed E-state index contributed by atoms with van der Waals surface area (Å²) >= 11 is 0. The number of aryl methyl sites for hydroxylation is 1. The molecule has 3 rings (SSSR count). The van der Waals surface area contributed by atoms with E-state index in [1.54, 1.807) is 22.5 Å². The lowest BCUT2D eigenvalue weighted by Crippen LogP contribution is -2.42. The molecule has 0 aliphatic carbocycles. The molecular weight excluding hydrogens is 336 g/mol. The first kappa shape index (κ1) is 18.4. The molecule has 0 spiro atoms. The summed E-state index contributed by atoms with van der Waals surface area (Å²) < 4.78 is 27.4. The van der Waals surface area contributed by atoms with Gasteiger partial charge in [0.2, 0.25) is 10.0 Å². The minimum atomic E-state index is -3.52. The van der Waals surface area contributed by atoms with Crippen molar-refractivity contribution in [3.8, 4) is 0 Å². The summed E-state index contributed by atoms with van der Waals surface area (Å²) in [6.45, 7) is 5.84. The molecule has 0 aromatic heterocycles. The average molecular weight is 365 g/mol. The van der Waals surface area contributed by atoms with Gasteiger partial charge in [0.1, 0.15) is 0 Å². The fraction of sp³-hybridized carbons (Fsp3) is 0.632. The van der Waals surface area contributed by atoms with Gasteiger partial charge in [-0.05, 0) is 63.6 Å². The number of benzene rings is 1. The number of nitrogens with zero attached hydrogens (tertiary/aromatic N) is 2. The lowest BCUT2D eigenvalue weighted by atomic mass is 10.0. The van der Waals surface area contributed by atoms with E-state index in [2.05, 4.69) is 6.92 Å². The van der Waals surface area contributed by atoms with Gasteiger partial charge < -0.3 is 4.90 Å². The SMILES string of the molecule is Cc1ccc(S(=O)(=O)N2CCCCC2)cc1C(=O)N1CCCCC1C. The van der Waals surface area contributed by atoms with Crippen LogP contribution < -0.4 is 0 Å². The molecule has 2 aliphatic heterocycles. The molecule has 138 valence electrons. The molecule has 1 aromatic carbocycles. The topological polar surface area (TPSA) is 57.7 Å². The van der Waals surface area contributed by atoms with E-state index in [-0.39, 0.29) is 16.8 Å². The van der Waals surface area contributed by atoms with Crippen molar-refractivity contribution in [1.29, 1.82) is 0 Å². The van der Waals surface area contributed by atoms with E-state index in [4.69, 9.17) is 0 Å². The molecule has 1 aromatic rings. The number of hydrogen-bond acceptors (Lipinski definition) is 3. The summed E-state index contributed by atoms with van der Waals surface area (Å²) in [5.74, 6) is -0.0413. The predicted molar refractivity (Wildman–Crippen MR) is 98.1 cm³/mol. The van der Waals surface area contributed by atoms with Gasteiger partial charge in [-0.1, -0.05) is 12.5 Å². The average Bonchev–Trinajstić information content (AvgIpc) is 2.62. The van der Waals surface area contributed by atoms with Crippen molar-refractivity contribution >= 4 is 15.9 Å². The van der Waals surface area contributed by atoms with Crippen molar-refractivity contribution < 1.29 is 13.2 Å². The van der Waals surface area contributed by atoms with E-state index in [0.717, 1.165) is 50.6 Å². The standard InChI is InChI=1S/C19H28N2O3S/c1-15-9-10-17(25(23,24)20-11-5-3-6-12-20)14-18(15)19(22)21-13-7-4-8-16(21)2/h9-10,14,16H,3-8,11-13H2,1-2H3. The first-order chi connectivity index (χ1) is 11.9. The van der Waals surface area contributed by atoms with Crippen LogP contribution >= 0.6 is 0 Å². The number of hydrogen-bond donors (Lipinski definition) is 0. The number of amides is 1. The molecule has 0 N–H and O–H groups in total. The monoisotopic (exact) mass is 364 g/mol. The molecular formula is C19H28N2O3S. The lowest BCUT2D eigenvalue weighted by molar-refractivity contribution is 0.0634. The molecule has 1 amide bonds. The summed E-state index contributed by atoms with van der Waals surface area (Å²) in [6, 6.07) is 5.19. The fourth-order valence-corrected chi connectivity index (χ4v) is 5.34. The van der Waals surface area contributed by atoms with Gasteiger partial charge in [0, 0.05) is 31.2 Å². The Morgan fingerprint density at radius 2 is 1.72 bits per heavy atom. The van der Waals surface area contributed by atoms with Crippen LogP contribution in [0, 0.1) is 6.92 Å². The van der Waals surface area contributed by atoms with E-state index in [9.17, 15) is 13.2 Å². The molecule has 0 bridgehead atoms. The van der Waals surface area contributed by atoms with Gasteiger partial charge in [-0.2, -0.15) is 4.31 Å². The minimum Gasteiger partial charge on any atom is -0.336 e. The Kier molecular flexibility index (Phi) is 5.49. The van der Waals surface area contributed by atoms with Crippen LogP contribution in [0.4, 0.5) is 0 Å². The molecule has 2 aliphatic rings. The molecule has 1 unspecified atom stereocenters. The number of sulfonamides is 1. The number of carbonyl (C=O) groups is 1. The molecule has 0 saturated carbocycles. The van der Waals surface area contributed by atoms with Gasteiger partial charge in [-0.25, -0.2) is 8.42 Å². The third kappa shape index (κ3) is 3.75. The van der Waals surface area contributed by atoms with Gasteiger partial charge in [0.15, 0.2) is 0 Å². The summed E-state index contributed by atoms with van der Waals surface area (Å²) in [4.78, 5) is 15.1. The van der Waals surface area contributed by atoms with Crippen molar-refractivity contribution in [3.63, 3.8) is 0 Å². The van der Waals surface area contributed by atoms with Crippen LogP contribution in [0.25, 0.3) is 0 Å². The Morgan fingerprint density at radius 1 is 1.04 bits per heavy atom. The van der Waals surface area contributed by atoms with E-state index in [1.807, 2.05) is 11.8 Å². The van der Waals surface area contributed by atoms with Crippen LogP contribution in [-0.2, 0) is 10.0 Å². The van der Waals surface area contributed by atoms with Crippen molar-refractivity contribution in [2.45, 2.75) is 63.3 Å². The third-order valence-corrected chi connectivity index (χ3v) is 7.35. The second-order valence-electron chi connectivity index (χ2n) is 7.28. The van der Waals surface area contributed by atoms with Crippen LogP contribution in [-0.4, -0.2) is 49.2 Å². The molecule has 25 heavy (non-hydrogen) atoms. The van der Waals surface area contributed by atoms with Gasteiger partial charge in [-0.3, -0.25) is 4.79 Å². The quantitative estimate of drug-likeness (QED) is 0.828. The predicted octanol–water partition coefficient (Wildman–Crippen LogP) is 3.18. The van der Waals surface area contributed by atoms with Gasteiger partial charge in [-0.15, -0.1) is 0 Å². The summed E-state index contributed by atoms with van der Waals surface area (Å²) in [7, 11) is -3.52. The Labute approximate surface area is 151 Å². The second-order valence-corrected chi connectivity index (χ2v) is 9.22. The highest BCUT2D eigenvalue weighted by molar-refractivity contribution is 7.89. The van der Waals surface area contributed by atoms with Crippen molar-refractivity contribution in [2.24, 2.45) is 0 Å². The highest BCUT2D eigenvalue weighted by atomic mass is 32.2. The highest BCUT2D eigenvalue weighted by Gasteiger charge is 2.29. The molecule has 5 nitrogen and oxygen atoms in total. The summed E-state index contributed by atoms with van der Waals surface area (Å²) in [5.41, 5.74) is 1.35. The van der Waals surface area contributed by atoms with Crippen LogP contribution in [0.1, 0.15) is 61.4 Å². The normalized spacial score (nSPS) is 22.8. The molecule has 2 saturated heterocycles. The smallest absolute Gasteiger partial charge is 0.254 e. The van der Waals surface area contributed by atoms with Gasteiger partial charge in [0.25, 0.3) is 5.91 Å². The van der Waals surface area contributed by atoms with Crippen LogP contribution in [0.15, 0.2) is 23.1 Å². The minimum absolute atomic E-state index is 0.0413. The number of likely N-dealkylation sites (tertiary alicyclic amines) is 1. The Hall–Kier alpha value is -1.40. The molecule has 0 radical (unpaired) electrons. The van der Waals surface area contributed by atoms with Gasteiger partial charge >= 0.3 is 0 Å². The van der Waals surface area contributed by atoms with Crippen molar-refractivity contribution in [1.82, 2.24) is 9.21 Å². The van der Waals surface area contributed by atoms with Crippen molar-refractivity contribution in [3.05, 3.63) is 29.3 Å². The molecule has 6 heteroatoms. The van der Waals surface area contributed by atoms with Crippen LogP contribution in [0.2, 0.25) is 0 Å². The Morgan fingerprint density at radius 3 is 2.40 bits per heavy atom. The molecule has 1 atom stereocenters. The zero-order chi connectivity index (χ0) is 18.0. The summed E-state index contributed by atoms with van der Waals surface area (Å²) in [6.07, 6.45) is 6.06. The second kappa shape index (κ2) is 7.46. The van der Waals surface area contributed by atoms with E-state index < -0.39 is 10.0 Å². The zero-order valence-corrected chi connectivity index (χ0v) is 16.0.